The molecule has 0 aromatic heterocycles. The van der Waals surface area contributed by atoms with Crippen molar-refractivity contribution in [2.75, 3.05) is 13.6 Å². The summed E-state index contributed by atoms with van der Waals surface area (Å²) in [5, 5.41) is 11.6. The van der Waals surface area contributed by atoms with Crippen molar-refractivity contribution in [3.8, 4) is 0 Å². The summed E-state index contributed by atoms with van der Waals surface area (Å²) in [4.78, 5) is 24.3. The van der Waals surface area contributed by atoms with Crippen LogP contribution >= 0.6 is 0 Å². The molecule has 1 aliphatic carbocycles. The summed E-state index contributed by atoms with van der Waals surface area (Å²) in [5.74, 6) is 0.424. The Kier molecular flexibility index (Phi) is 4.27. The number of carboxylic acid groups (broad SMARTS) is 1. The topological polar surface area (TPSA) is 69.6 Å². The van der Waals surface area contributed by atoms with E-state index in [4.69, 9.17) is 5.11 Å². The van der Waals surface area contributed by atoms with Crippen molar-refractivity contribution in [1.29, 1.82) is 0 Å². The van der Waals surface area contributed by atoms with Crippen molar-refractivity contribution >= 4 is 12.0 Å². The number of carboxylic acids is 1. The van der Waals surface area contributed by atoms with Gasteiger partial charge < -0.3 is 15.3 Å². The van der Waals surface area contributed by atoms with Crippen LogP contribution in [0.5, 0.6) is 0 Å². The summed E-state index contributed by atoms with van der Waals surface area (Å²) < 4.78 is 0. The van der Waals surface area contributed by atoms with Crippen LogP contribution in [0, 0.1) is 11.8 Å². The van der Waals surface area contributed by atoms with Gasteiger partial charge in [-0.2, -0.15) is 0 Å². The van der Waals surface area contributed by atoms with E-state index in [1.165, 1.54) is 6.42 Å². The fraction of sp³-hybridized carbons (Fsp3) is 0.467. The predicted molar refractivity (Wildman–Crippen MR) is 75.5 cm³/mol. The third-order valence-corrected chi connectivity index (χ3v) is 3.78. The van der Waals surface area contributed by atoms with Gasteiger partial charge in [0.15, 0.2) is 0 Å². The molecule has 1 fully saturated rings. The van der Waals surface area contributed by atoms with Crippen molar-refractivity contribution in [3.63, 3.8) is 0 Å². The number of amides is 2. The highest BCUT2D eigenvalue weighted by molar-refractivity contribution is 5.87. The van der Waals surface area contributed by atoms with Crippen LogP contribution in [0.15, 0.2) is 24.3 Å². The van der Waals surface area contributed by atoms with E-state index in [0.29, 0.717) is 12.5 Å². The SMILES string of the molecule is CC1CC1CN(C)C(=O)NCc1ccc(C(=O)O)cc1. The van der Waals surface area contributed by atoms with Gasteiger partial charge in [0, 0.05) is 20.1 Å². The van der Waals surface area contributed by atoms with E-state index >= 15 is 0 Å². The van der Waals surface area contributed by atoms with E-state index in [2.05, 4.69) is 12.2 Å². The molecule has 1 aromatic rings. The summed E-state index contributed by atoms with van der Waals surface area (Å²) in [6.45, 7) is 3.40. The Morgan fingerprint density at radius 1 is 1.35 bits per heavy atom. The van der Waals surface area contributed by atoms with Gasteiger partial charge in [-0.05, 0) is 36.0 Å². The zero-order valence-electron chi connectivity index (χ0n) is 11.8. The van der Waals surface area contributed by atoms with Gasteiger partial charge in [-0.15, -0.1) is 0 Å². The van der Waals surface area contributed by atoms with E-state index in [1.807, 2.05) is 0 Å². The molecule has 5 heteroatoms. The second-order valence-electron chi connectivity index (χ2n) is 5.51. The molecule has 1 aliphatic rings. The predicted octanol–water partition coefficient (Wildman–Crippen LogP) is 2.18. The fourth-order valence-corrected chi connectivity index (χ4v) is 2.17. The molecule has 0 bridgehead atoms. The maximum absolute atomic E-state index is 11.9. The van der Waals surface area contributed by atoms with Crippen LogP contribution < -0.4 is 5.32 Å². The first-order valence-electron chi connectivity index (χ1n) is 6.78. The van der Waals surface area contributed by atoms with Crippen molar-refractivity contribution in [2.24, 2.45) is 11.8 Å². The highest BCUT2D eigenvalue weighted by atomic mass is 16.4. The minimum atomic E-state index is -0.945. The molecule has 1 saturated carbocycles. The van der Waals surface area contributed by atoms with E-state index in [-0.39, 0.29) is 11.6 Å². The molecule has 2 N–H and O–H groups in total. The number of nitrogens with one attached hydrogen (secondary N) is 1. The Bertz CT molecular complexity index is 498. The molecule has 0 aliphatic heterocycles. The number of aromatic carboxylic acids is 1. The summed E-state index contributed by atoms with van der Waals surface area (Å²) in [6, 6.07) is 6.42. The average molecular weight is 276 g/mol. The molecule has 108 valence electrons. The maximum atomic E-state index is 11.9. The van der Waals surface area contributed by atoms with Gasteiger partial charge in [-0.25, -0.2) is 9.59 Å². The number of benzene rings is 1. The lowest BCUT2D eigenvalue weighted by Crippen LogP contribution is -2.38. The molecule has 5 nitrogen and oxygen atoms in total. The fourth-order valence-electron chi connectivity index (χ4n) is 2.17. The lowest BCUT2D eigenvalue weighted by molar-refractivity contribution is 0.0697. The highest BCUT2D eigenvalue weighted by Crippen LogP contribution is 2.37. The molecule has 2 rings (SSSR count). The minimum absolute atomic E-state index is 0.0913. The zero-order valence-corrected chi connectivity index (χ0v) is 11.8. The number of carbonyl (C=O) groups is 2. The molecule has 0 spiro atoms. The summed E-state index contributed by atoms with van der Waals surface area (Å²) in [7, 11) is 1.80. The van der Waals surface area contributed by atoms with Crippen molar-refractivity contribution in [2.45, 2.75) is 19.9 Å². The van der Waals surface area contributed by atoms with Crippen LogP contribution in [0.1, 0.15) is 29.3 Å². The molecule has 0 radical (unpaired) electrons. The van der Waals surface area contributed by atoms with E-state index in [0.717, 1.165) is 18.0 Å². The number of nitrogens with zero attached hydrogens (tertiary/aromatic N) is 1. The first-order chi connectivity index (χ1) is 9.47. The molecule has 2 unspecified atom stereocenters. The van der Waals surface area contributed by atoms with Crippen LogP contribution in [-0.4, -0.2) is 35.6 Å². The van der Waals surface area contributed by atoms with Crippen LogP contribution in [0.3, 0.4) is 0 Å². The summed E-state index contributed by atoms with van der Waals surface area (Å²) >= 11 is 0. The van der Waals surface area contributed by atoms with Gasteiger partial charge in [-0.3, -0.25) is 0 Å². The van der Waals surface area contributed by atoms with Gasteiger partial charge in [0.25, 0.3) is 0 Å². The first kappa shape index (κ1) is 14.4. The van der Waals surface area contributed by atoms with Crippen LogP contribution in [0.4, 0.5) is 4.79 Å². The van der Waals surface area contributed by atoms with Gasteiger partial charge in [0.1, 0.15) is 0 Å². The van der Waals surface area contributed by atoms with Gasteiger partial charge >= 0.3 is 12.0 Å². The lowest BCUT2D eigenvalue weighted by Gasteiger charge is -2.17. The van der Waals surface area contributed by atoms with Gasteiger partial charge in [0.05, 0.1) is 5.56 Å². The van der Waals surface area contributed by atoms with E-state index in [9.17, 15) is 9.59 Å². The molecule has 2 amide bonds. The molecular weight excluding hydrogens is 256 g/mol. The highest BCUT2D eigenvalue weighted by Gasteiger charge is 2.34. The Hall–Kier alpha value is -2.04. The summed E-state index contributed by atoms with van der Waals surface area (Å²) in [6.07, 6.45) is 1.20. The number of carbonyl (C=O) groups excluding carboxylic acids is 1. The van der Waals surface area contributed by atoms with Crippen LogP contribution in [-0.2, 0) is 6.54 Å². The second kappa shape index (κ2) is 5.94. The van der Waals surface area contributed by atoms with Crippen LogP contribution in [0.25, 0.3) is 0 Å². The molecular formula is C15H20N2O3. The van der Waals surface area contributed by atoms with Crippen molar-refractivity contribution in [1.82, 2.24) is 10.2 Å². The number of urea groups is 1. The quantitative estimate of drug-likeness (QED) is 0.866. The normalized spacial score (nSPS) is 20.3. The minimum Gasteiger partial charge on any atom is -0.478 e. The Morgan fingerprint density at radius 3 is 2.45 bits per heavy atom. The smallest absolute Gasteiger partial charge is 0.335 e. The molecule has 20 heavy (non-hydrogen) atoms. The molecule has 0 saturated heterocycles. The molecule has 1 aromatic carbocycles. The van der Waals surface area contributed by atoms with Gasteiger partial charge in [0.2, 0.25) is 0 Å². The number of rotatable bonds is 5. The zero-order chi connectivity index (χ0) is 14.7. The Labute approximate surface area is 118 Å². The third kappa shape index (κ3) is 3.73. The molecule has 0 heterocycles. The first-order valence-corrected chi connectivity index (χ1v) is 6.78. The average Bonchev–Trinajstić information content (AvgIpc) is 3.11. The maximum Gasteiger partial charge on any atom is 0.335 e. The van der Waals surface area contributed by atoms with Crippen molar-refractivity contribution in [3.05, 3.63) is 35.4 Å². The monoisotopic (exact) mass is 276 g/mol. The van der Waals surface area contributed by atoms with Crippen LogP contribution in [0.2, 0.25) is 0 Å². The summed E-state index contributed by atoms with van der Waals surface area (Å²) in [5.41, 5.74) is 1.14. The largest absolute Gasteiger partial charge is 0.478 e. The second-order valence-corrected chi connectivity index (χ2v) is 5.51. The van der Waals surface area contributed by atoms with E-state index < -0.39 is 5.97 Å². The lowest BCUT2D eigenvalue weighted by atomic mass is 10.1. The Morgan fingerprint density at radius 2 is 1.95 bits per heavy atom. The van der Waals surface area contributed by atoms with E-state index in [1.54, 1.807) is 36.2 Å². The Balaban J connectivity index is 1.78. The third-order valence-electron chi connectivity index (χ3n) is 3.78. The number of hydrogen-bond donors (Lipinski definition) is 2. The van der Waals surface area contributed by atoms with Gasteiger partial charge in [-0.1, -0.05) is 19.1 Å². The standard InChI is InChI=1S/C15H20N2O3/c1-10-7-13(10)9-17(2)15(20)16-8-11-3-5-12(6-4-11)14(18)19/h3-6,10,13H,7-9H2,1-2H3,(H,16,20)(H,18,19). The van der Waals surface area contributed by atoms with Crippen molar-refractivity contribution < 1.29 is 14.7 Å². The molecule has 2 atom stereocenters. The number of hydrogen-bond acceptors (Lipinski definition) is 2.